The van der Waals surface area contributed by atoms with E-state index in [2.05, 4.69) is 26.1 Å². The highest BCUT2D eigenvalue weighted by atomic mass is 16.5. The van der Waals surface area contributed by atoms with Crippen molar-refractivity contribution in [2.24, 2.45) is 0 Å². The summed E-state index contributed by atoms with van der Waals surface area (Å²) >= 11 is 0. The van der Waals surface area contributed by atoms with Gasteiger partial charge in [-0.15, -0.1) is 0 Å². The smallest absolute Gasteiger partial charge is 0.261 e. The van der Waals surface area contributed by atoms with E-state index in [1.165, 1.54) is 4.90 Å². The molecule has 1 saturated heterocycles. The van der Waals surface area contributed by atoms with E-state index in [-0.39, 0.29) is 35.8 Å². The zero-order chi connectivity index (χ0) is 21.5. The average Bonchev–Trinajstić information content (AvgIpc) is 3.30. The van der Waals surface area contributed by atoms with Gasteiger partial charge in [0, 0.05) is 17.9 Å². The van der Waals surface area contributed by atoms with Gasteiger partial charge in [-0.2, -0.15) is 0 Å². The maximum Gasteiger partial charge on any atom is 0.261 e. The van der Waals surface area contributed by atoms with E-state index in [0.29, 0.717) is 29.0 Å². The Hall–Kier alpha value is -2.99. The SMILES string of the molecule is CC(C)(C)c1ccc(C(=O)Nc2ccc3c(c2)C(=O)N(CC2CCCO2)C3=O)cc1. The van der Waals surface area contributed by atoms with Gasteiger partial charge in [0.15, 0.2) is 0 Å². The number of hydrogen-bond acceptors (Lipinski definition) is 4. The number of carbonyl (C=O) groups excluding carboxylic acids is 3. The van der Waals surface area contributed by atoms with Crippen molar-refractivity contribution in [3.63, 3.8) is 0 Å². The third-order valence-electron chi connectivity index (χ3n) is 5.65. The molecule has 1 unspecified atom stereocenters. The van der Waals surface area contributed by atoms with Crippen molar-refractivity contribution in [1.82, 2.24) is 4.90 Å². The third-order valence-corrected chi connectivity index (χ3v) is 5.65. The molecule has 2 aliphatic heterocycles. The van der Waals surface area contributed by atoms with Crippen LogP contribution in [0.4, 0.5) is 5.69 Å². The lowest BCUT2D eigenvalue weighted by atomic mass is 9.87. The Morgan fingerprint density at radius 2 is 1.77 bits per heavy atom. The largest absolute Gasteiger partial charge is 0.376 e. The maximum atomic E-state index is 12.8. The topological polar surface area (TPSA) is 75.7 Å². The first kappa shape index (κ1) is 20.3. The van der Waals surface area contributed by atoms with Crippen molar-refractivity contribution in [3.05, 3.63) is 64.7 Å². The molecule has 6 heteroatoms. The van der Waals surface area contributed by atoms with E-state index in [0.717, 1.165) is 18.4 Å². The lowest BCUT2D eigenvalue weighted by Crippen LogP contribution is -2.36. The minimum atomic E-state index is -0.337. The molecule has 1 N–H and O–H groups in total. The van der Waals surface area contributed by atoms with Crippen molar-refractivity contribution in [2.45, 2.75) is 45.1 Å². The highest BCUT2D eigenvalue weighted by Gasteiger charge is 2.37. The monoisotopic (exact) mass is 406 g/mol. The average molecular weight is 406 g/mol. The van der Waals surface area contributed by atoms with Gasteiger partial charge in [0.05, 0.1) is 23.8 Å². The van der Waals surface area contributed by atoms with Crippen LogP contribution in [-0.2, 0) is 10.2 Å². The molecule has 0 bridgehead atoms. The van der Waals surface area contributed by atoms with Gasteiger partial charge in [0.1, 0.15) is 0 Å². The number of amides is 3. The first-order chi connectivity index (χ1) is 14.2. The van der Waals surface area contributed by atoms with Crippen LogP contribution in [0.1, 0.15) is 70.3 Å². The lowest BCUT2D eigenvalue weighted by Gasteiger charge is -2.19. The molecule has 0 aromatic heterocycles. The second-order valence-electron chi connectivity index (χ2n) is 8.90. The summed E-state index contributed by atoms with van der Waals surface area (Å²) in [4.78, 5) is 39.3. The highest BCUT2D eigenvalue weighted by Crippen LogP contribution is 2.28. The quantitative estimate of drug-likeness (QED) is 0.779. The molecule has 0 saturated carbocycles. The van der Waals surface area contributed by atoms with Crippen LogP contribution in [0.25, 0.3) is 0 Å². The summed E-state index contributed by atoms with van der Waals surface area (Å²) < 4.78 is 5.56. The van der Waals surface area contributed by atoms with Gasteiger partial charge in [0.25, 0.3) is 17.7 Å². The van der Waals surface area contributed by atoms with Crippen LogP contribution in [0.5, 0.6) is 0 Å². The van der Waals surface area contributed by atoms with Gasteiger partial charge < -0.3 is 10.1 Å². The minimum absolute atomic E-state index is 0.0112. The Morgan fingerprint density at radius 1 is 1.07 bits per heavy atom. The first-order valence-corrected chi connectivity index (χ1v) is 10.3. The lowest BCUT2D eigenvalue weighted by molar-refractivity contribution is 0.0475. The number of ether oxygens (including phenoxy) is 1. The van der Waals surface area contributed by atoms with Crippen LogP contribution in [0.3, 0.4) is 0 Å². The fourth-order valence-electron chi connectivity index (χ4n) is 3.85. The molecule has 2 aromatic rings. The second-order valence-corrected chi connectivity index (χ2v) is 8.90. The number of nitrogens with one attached hydrogen (secondary N) is 1. The summed E-state index contributed by atoms with van der Waals surface area (Å²) in [6, 6.07) is 12.3. The van der Waals surface area contributed by atoms with Crippen LogP contribution in [-0.4, -0.2) is 41.9 Å². The molecule has 0 aliphatic carbocycles. The summed E-state index contributed by atoms with van der Waals surface area (Å²) in [7, 11) is 0. The van der Waals surface area contributed by atoms with E-state index in [4.69, 9.17) is 4.74 Å². The van der Waals surface area contributed by atoms with Crippen LogP contribution < -0.4 is 5.32 Å². The molecule has 0 radical (unpaired) electrons. The van der Waals surface area contributed by atoms with Gasteiger partial charge >= 0.3 is 0 Å². The molecule has 0 spiro atoms. The molecule has 2 heterocycles. The molecule has 156 valence electrons. The standard InChI is InChI=1S/C24H26N2O4/c1-24(2,3)16-8-6-15(7-9-16)21(27)25-17-10-11-19-20(13-17)23(29)26(22(19)28)14-18-5-4-12-30-18/h6-11,13,18H,4-5,12,14H2,1-3H3,(H,25,27). The van der Waals surface area contributed by atoms with Crippen molar-refractivity contribution < 1.29 is 19.1 Å². The molecule has 3 amide bonds. The number of nitrogens with zero attached hydrogens (tertiary/aromatic N) is 1. The molecule has 2 aromatic carbocycles. The zero-order valence-electron chi connectivity index (χ0n) is 17.5. The number of fused-ring (bicyclic) bond motifs is 1. The normalized spacial score (nSPS) is 18.6. The first-order valence-electron chi connectivity index (χ1n) is 10.3. The van der Waals surface area contributed by atoms with E-state index < -0.39 is 0 Å². The number of carbonyl (C=O) groups is 3. The van der Waals surface area contributed by atoms with Crippen LogP contribution >= 0.6 is 0 Å². The molecule has 2 aliphatic rings. The molecule has 6 nitrogen and oxygen atoms in total. The van der Waals surface area contributed by atoms with Gasteiger partial charge in [-0.25, -0.2) is 0 Å². The Balaban J connectivity index is 1.49. The van der Waals surface area contributed by atoms with Gasteiger partial charge in [-0.05, 0) is 54.2 Å². The molecule has 1 fully saturated rings. The summed E-state index contributed by atoms with van der Waals surface area (Å²) in [6.45, 7) is 7.29. The zero-order valence-corrected chi connectivity index (χ0v) is 17.5. The number of anilines is 1. The van der Waals surface area contributed by atoms with Crippen molar-refractivity contribution in [3.8, 4) is 0 Å². The number of imide groups is 1. The van der Waals surface area contributed by atoms with Crippen molar-refractivity contribution in [1.29, 1.82) is 0 Å². The Morgan fingerprint density at radius 3 is 2.40 bits per heavy atom. The Labute approximate surface area is 176 Å². The van der Waals surface area contributed by atoms with Crippen LogP contribution in [0.15, 0.2) is 42.5 Å². The van der Waals surface area contributed by atoms with Gasteiger partial charge in [-0.3, -0.25) is 19.3 Å². The van der Waals surface area contributed by atoms with E-state index in [9.17, 15) is 14.4 Å². The Kier molecular flexibility index (Phi) is 5.20. The predicted molar refractivity (Wildman–Crippen MR) is 114 cm³/mol. The predicted octanol–water partition coefficient (Wildman–Crippen LogP) is 4.01. The highest BCUT2D eigenvalue weighted by molar-refractivity contribution is 6.22. The van der Waals surface area contributed by atoms with E-state index in [1.807, 2.05) is 12.1 Å². The summed E-state index contributed by atoms with van der Waals surface area (Å²) in [5.74, 6) is -0.902. The maximum absolute atomic E-state index is 12.8. The fraction of sp³-hybridized carbons (Fsp3) is 0.375. The minimum Gasteiger partial charge on any atom is -0.376 e. The molecule has 30 heavy (non-hydrogen) atoms. The molecular weight excluding hydrogens is 380 g/mol. The summed E-state index contributed by atoms with van der Waals surface area (Å²) in [5, 5.41) is 2.82. The van der Waals surface area contributed by atoms with Crippen LogP contribution in [0, 0.1) is 0 Å². The molecule has 1 atom stereocenters. The fourth-order valence-corrected chi connectivity index (χ4v) is 3.85. The third kappa shape index (κ3) is 3.87. The molecule has 4 rings (SSSR count). The summed E-state index contributed by atoms with van der Waals surface area (Å²) in [6.07, 6.45) is 1.70. The van der Waals surface area contributed by atoms with Gasteiger partial charge in [-0.1, -0.05) is 32.9 Å². The van der Waals surface area contributed by atoms with Crippen molar-refractivity contribution in [2.75, 3.05) is 18.5 Å². The second kappa shape index (κ2) is 7.69. The van der Waals surface area contributed by atoms with E-state index in [1.54, 1.807) is 30.3 Å². The molecular formula is C24H26N2O4. The van der Waals surface area contributed by atoms with Gasteiger partial charge in [0.2, 0.25) is 0 Å². The number of benzene rings is 2. The number of hydrogen-bond donors (Lipinski definition) is 1. The number of rotatable bonds is 4. The summed E-state index contributed by atoms with van der Waals surface area (Å²) in [5.41, 5.74) is 2.86. The Bertz CT molecular complexity index is 999. The van der Waals surface area contributed by atoms with E-state index >= 15 is 0 Å². The van der Waals surface area contributed by atoms with Crippen LogP contribution in [0.2, 0.25) is 0 Å². The van der Waals surface area contributed by atoms with Crippen molar-refractivity contribution >= 4 is 23.4 Å².